The number of halogens is 1. The largest absolute Gasteiger partial charge is 0.468 e. The maximum atomic E-state index is 14.0. The molecule has 0 aliphatic heterocycles. The standard InChI is InChI=1S/C19H19FN6O7/c1-4-24(10-19(28)33-3)12-5-6-14(15(7-12)21-11(2)27)22-23-16-8-13(20)17(25(29)30)9-18(16)26(31)32/h5-9H,4,10H2,1-3H3,(H,21,27)/b23-22+. The minimum absolute atomic E-state index is 0.0539. The van der Waals surface area contributed by atoms with Gasteiger partial charge < -0.3 is 15.0 Å². The lowest BCUT2D eigenvalue weighted by Gasteiger charge is -2.22. The van der Waals surface area contributed by atoms with E-state index in [9.17, 15) is 34.2 Å². The van der Waals surface area contributed by atoms with Crippen LogP contribution in [0.2, 0.25) is 0 Å². The molecule has 1 amide bonds. The van der Waals surface area contributed by atoms with Gasteiger partial charge in [-0.2, -0.15) is 4.39 Å². The molecule has 2 aromatic carbocycles. The minimum Gasteiger partial charge on any atom is -0.468 e. The highest BCUT2D eigenvalue weighted by Crippen LogP contribution is 2.36. The second-order valence-electron chi connectivity index (χ2n) is 6.48. The summed E-state index contributed by atoms with van der Waals surface area (Å²) in [7, 11) is 1.25. The van der Waals surface area contributed by atoms with E-state index in [0.29, 0.717) is 24.4 Å². The van der Waals surface area contributed by atoms with E-state index in [-0.39, 0.29) is 17.9 Å². The number of nitrogens with one attached hydrogen (secondary N) is 1. The molecule has 2 aromatic rings. The molecule has 0 radical (unpaired) electrons. The second-order valence-corrected chi connectivity index (χ2v) is 6.48. The molecule has 13 nitrogen and oxygen atoms in total. The van der Waals surface area contributed by atoms with Crippen molar-refractivity contribution in [2.24, 2.45) is 10.2 Å². The number of esters is 1. The van der Waals surface area contributed by atoms with Gasteiger partial charge in [-0.15, -0.1) is 10.2 Å². The molecule has 0 fully saturated rings. The van der Waals surface area contributed by atoms with Crippen LogP contribution in [0.1, 0.15) is 13.8 Å². The number of carbonyl (C=O) groups excluding carboxylic acids is 2. The van der Waals surface area contributed by atoms with E-state index in [1.807, 2.05) is 0 Å². The molecule has 0 bridgehead atoms. The average Bonchev–Trinajstić information content (AvgIpc) is 2.75. The van der Waals surface area contributed by atoms with Crippen molar-refractivity contribution < 1.29 is 28.6 Å². The first-order valence-electron chi connectivity index (χ1n) is 9.34. The maximum absolute atomic E-state index is 14.0. The molecular formula is C19H19FN6O7. The Morgan fingerprint density at radius 1 is 1.09 bits per heavy atom. The van der Waals surface area contributed by atoms with Crippen LogP contribution in [0, 0.1) is 26.0 Å². The Bertz CT molecular complexity index is 1140. The van der Waals surface area contributed by atoms with Crippen molar-refractivity contribution in [2.45, 2.75) is 13.8 Å². The van der Waals surface area contributed by atoms with Crippen molar-refractivity contribution >= 4 is 46.0 Å². The Morgan fingerprint density at radius 3 is 2.27 bits per heavy atom. The number of benzene rings is 2. The van der Waals surface area contributed by atoms with Crippen molar-refractivity contribution in [3.8, 4) is 0 Å². The monoisotopic (exact) mass is 462 g/mol. The molecule has 33 heavy (non-hydrogen) atoms. The van der Waals surface area contributed by atoms with Gasteiger partial charge in [0.25, 0.3) is 0 Å². The van der Waals surface area contributed by atoms with Gasteiger partial charge in [-0.3, -0.25) is 29.8 Å². The molecule has 0 saturated carbocycles. The summed E-state index contributed by atoms with van der Waals surface area (Å²) in [5.41, 5.74) is -1.68. The highest BCUT2D eigenvalue weighted by molar-refractivity contribution is 5.93. The first-order valence-corrected chi connectivity index (χ1v) is 9.34. The van der Waals surface area contributed by atoms with Gasteiger partial charge in [-0.25, -0.2) is 0 Å². The van der Waals surface area contributed by atoms with Crippen LogP contribution in [-0.4, -0.2) is 41.9 Å². The Kier molecular flexibility index (Phi) is 8.03. The molecule has 0 heterocycles. The third-order valence-corrected chi connectivity index (χ3v) is 4.29. The normalized spacial score (nSPS) is 10.7. The van der Waals surface area contributed by atoms with Crippen molar-refractivity contribution in [1.82, 2.24) is 0 Å². The van der Waals surface area contributed by atoms with Crippen LogP contribution in [0.25, 0.3) is 0 Å². The van der Waals surface area contributed by atoms with Crippen LogP contribution in [-0.2, 0) is 14.3 Å². The molecule has 0 saturated heterocycles. The number of carbonyl (C=O) groups is 2. The zero-order chi connectivity index (χ0) is 24.7. The topological polar surface area (TPSA) is 170 Å². The molecule has 0 aliphatic carbocycles. The average molecular weight is 462 g/mol. The second kappa shape index (κ2) is 10.7. The SMILES string of the molecule is CCN(CC(=O)OC)c1ccc(/N=N/c2cc(F)c([N+](=O)[O-])cc2[N+](=O)[O-])c(NC(C)=O)c1. The third-order valence-electron chi connectivity index (χ3n) is 4.29. The van der Waals surface area contributed by atoms with Gasteiger partial charge in [0.1, 0.15) is 12.2 Å². The summed E-state index contributed by atoms with van der Waals surface area (Å²) in [4.78, 5) is 45.0. The number of nitro benzene ring substituents is 2. The summed E-state index contributed by atoms with van der Waals surface area (Å²) < 4.78 is 18.6. The minimum atomic E-state index is -1.32. The number of methoxy groups -OCH3 is 1. The van der Waals surface area contributed by atoms with E-state index in [4.69, 9.17) is 0 Å². The maximum Gasteiger partial charge on any atom is 0.325 e. The number of ether oxygens (including phenoxy) is 1. The summed E-state index contributed by atoms with van der Waals surface area (Å²) >= 11 is 0. The molecular weight excluding hydrogens is 443 g/mol. The fraction of sp³-hybridized carbons (Fsp3) is 0.263. The zero-order valence-electron chi connectivity index (χ0n) is 17.8. The lowest BCUT2D eigenvalue weighted by atomic mass is 10.2. The van der Waals surface area contributed by atoms with Crippen molar-refractivity contribution in [2.75, 3.05) is 30.4 Å². The van der Waals surface area contributed by atoms with E-state index in [0.717, 1.165) is 0 Å². The molecule has 1 N–H and O–H groups in total. The Balaban J connectivity index is 2.51. The van der Waals surface area contributed by atoms with Gasteiger partial charge in [0.05, 0.1) is 28.7 Å². The number of likely N-dealkylation sites (N-methyl/N-ethyl adjacent to an activating group) is 1. The van der Waals surface area contributed by atoms with E-state index in [2.05, 4.69) is 20.3 Å². The van der Waals surface area contributed by atoms with Crippen LogP contribution in [0.4, 0.5) is 38.5 Å². The molecule has 0 atom stereocenters. The zero-order valence-corrected chi connectivity index (χ0v) is 17.8. The van der Waals surface area contributed by atoms with Crippen LogP contribution in [0.3, 0.4) is 0 Å². The van der Waals surface area contributed by atoms with Gasteiger partial charge in [0, 0.05) is 25.2 Å². The highest BCUT2D eigenvalue weighted by Gasteiger charge is 2.25. The first kappa shape index (κ1) is 24.8. The van der Waals surface area contributed by atoms with Gasteiger partial charge in [0.15, 0.2) is 5.69 Å². The van der Waals surface area contributed by atoms with Crippen LogP contribution in [0.5, 0.6) is 0 Å². The lowest BCUT2D eigenvalue weighted by Crippen LogP contribution is -2.30. The van der Waals surface area contributed by atoms with E-state index in [1.165, 1.54) is 26.2 Å². The summed E-state index contributed by atoms with van der Waals surface area (Å²) in [5, 5.41) is 32.2. The number of anilines is 2. The van der Waals surface area contributed by atoms with Crippen molar-refractivity contribution in [3.05, 3.63) is 56.4 Å². The quantitative estimate of drug-likeness (QED) is 0.252. The van der Waals surface area contributed by atoms with E-state index in [1.54, 1.807) is 17.9 Å². The number of nitro groups is 2. The summed E-state index contributed by atoms with van der Waals surface area (Å²) in [6.45, 7) is 3.43. The summed E-state index contributed by atoms with van der Waals surface area (Å²) in [6.07, 6.45) is 0. The van der Waals surface area contributed by atoms with Crippen LogP contribution < -0.4 is 10.2 Å². The summed E-state index contributed by atoms with van der Waals surface area (Å²) in [5.74, 6) is -2.25. The van der Waals surface area contributed by atoms with Crippen molar-refractivity contribution in [3.63, 3.8) is 0 Å². The smallest absolute Gasteiger partial charge is 0.325 e. The van der Waals surface area contributed by atoms with E-state index < -0.39 is 44.6 Å². The molecule has 0 aliphatic rings. The number of hydrogen-bond acceptors (Lipinski definition) is 10. The predicted molar refractivity (Wildman–Crippen MR) is 115 cm³/mol. The van der Waals surface area contributed by atoms with Gasteiger partial charge >= 0.3 is 17.3 Å². The fourth-order valence-electron chi connectivity index (χ4n) is 2.72. The molecule has 2 rings (SSSR count). The van der Waals surface area contributed by atoms with Gasteiger partial charge in [-0.05, 0) is 25.1 Å². The van der Waals surface area contributed by atoms with Gasteiger partial charge in [-0.1, -0.05) is 0 Å². The molecule has 14 heteroatoms. The van der Waals surface area contributed by atoms with Gasteiger partial charge in [0.2, 0.25) is 11.7 Å². The fourth-order valence-corrected chi connectivity index (χ4v) is 2.72. The molecule has 0 aromatic heterocycles. The van der Waals surface area contributed by atoms with E-state index >= 15 is 0 Å². The number of rotatable bonds is 9. The molecule has 174 valence electrons. The number of nitrogens with zero attached hydrogens (tertiary/aromatic N) is 5. The van der Waals surface area contributed by atoms with Crippen molar-refractivity contribution in [1.29, 1.82) is 0 Å². The van der Waals surface area contributed by atoms with Crippen LogP contribution in [0.15, 0.2) is 40.6 Å². The Labute approximate surface area is 186 Å². The lowest BCUT2D eigenvalue weighted by molar-refractivity contribution is -0.395. The molecule has 0 unspecified atom stereocenters. The predicted octanol–water partition coefficient (Wildman–Crippen LogP) is 4.02. The first-order chi connectivity index (χ1) is 15.6. The Hall–Kier alpha value is -4.49. The summed E-state index contributed by atoms with van der Waals surface area (Å²) in [6, 6.07) is 5.48. The number of azo groups is 1. The molecule has 0 spiro atoms. The van der Waals surface area contributed by atoms with Crippen LogP contribution >= 0.6 is 0 Å². The number of hydrogen-bond donors (Lipinski definition) is 1. The Morgan fingerprint density at radius 2 is 1.73 bits per heavy atom. The highest BCUT2D eigenvalue weighted by atomic mass is 19.1. The third kappa shape index (κ3) is 6.25. The number of amides is 1.